The largest absolute Gasteiger partial charge is 0.493 e. The topological polar surface area (TPSA) is 108 Å². The molecule has 3 aromatic rings. The van der Waals surface area contributed by atoms with Crippen molar-refractivity contribution >= 4 is 22.5 Å². The monoisotopic (exact) mass is 424 g/mol. The first-order valence-corrected chi connectivity index (χ1v) is 10.5. The van der Waals surface area contributed by atoms with Gasteiger partial charge in [-0.3, -0.25) is 14.5 Å². The molecule has 3 heterocycles. The Kier molecular flexibility index (Phi) is 6.20. The zero-order valence-electron chi connectivity index (χ0n) is 18.0. The van der Waals surface area contributed by atoms with Crippen LogP contribution in [0.4, 0.5) is 5.69 Å². The minimum Gasteiger partial charge on any atom is -0.493 e. The number of nitrogens with two attached hydrogens (primary N) is 1. The Labute approximate surface area is 181 Å². The Balaban J connectivity index is 1.39. The van der Waals surface area contributed by atoms with Gasteiger partial charge in [0.15, 0.2) is 11.5 Å². The highest BCUT2D eigenvalue weighted by molar-refractivity contribution is 5.86. The number of hydrogen-bond donors (Lipinski definition) is 1. The zero-order valence-corrected chi connectivity index (χ0v) is 18.0. The second-order valence-electron chi connectivity index (χ2n) is 7.78. The third kappa shape index (κ3) is 4.55. The lowest BCUT2D eigenvalue weighted by Gasteiger charge is -2.32. The average molecular weight is 425 g/mol. The number of pyridine rings is 1. The Morgan fingerprint density at radius 2 is 1.90 bits per heavy atom. The number of rotatable bonds is 7. The van der Waals surface area contributed by atoms with Crippen molar-refractivity contribution in [2.75, 3.05) is 33.0 Å². The van der Waals surface area contributed by atoms with E-state index < -0.39 is 0 Å². The molecular formula is C22H28N6O3. The van der Waals surface area contributed by atoms with Crippen LogP contribution in [0.1, 0.15) is 37.3 Å². The normalized spacial score (nSPS) is 14.7. The number of methoxy groups -OCH3 is 2. The Morgan fingerprint density at radius 1 is 1.16 bits per heavy atom. The van der Waals surface area contributed by atoms with Gasteiger partial charge < -0.3 is 20.1 Å². The summed E-state index contributed by atoms with van der Waals surface area (Å²) in [4.78, 5) is 23.3. The number of ether oxygens (including phenoxy) is 2. The van der Waals surface area contributed by atoms with Crippen molar-refractivity contribution in [1.82, 2.24) is 24.6 Å². The average Bonchev–Trinajstić information content (AvgIpc) is 3.31. The number of aryl methyl sites for hydroxylation is 1. The van der Waals surface area contributed by atoms with Crippen LogP contribution >= 0.6 is 0 Å². The van der Waals surface area contributed by atoms with Gasteiger partial charge in [-0.1, -0.05) is 0 Å². The molecule has 1 aromatic carbocycles. The van der Waals surface area contributed by atoms with Crippen molar-refractivity contribution in [3.05, 3.63) is 36.5 Å². The second kappa shape index (κ2) is 9.20. The van der Waals surface area contributed by atoms with Gasteiger partial charge in [0.2, 0.25) is 5.91 Å². The molecule has 1 aliphatic rings. The van der Waals surface area contributed by atoms with E-state index in [0.29, 0.717) is 30.2 Å². The van der Waals surface area contributed by atoms with Crippen LogP contribution in [-0.4, -0.2) is 57.9 Å². The van der Waals surface area contributed by atoms with Crippen molar-refractivity contribution in [2.45, 2.75) is 38.1 Å². The molecule has 0 spiro atoms. The molecule has 0 radical (unpaired) electrons. The summed E-state index contributed by atoms with van der Waals surface area (Å²) in [6.45, 7) is 2.14. The number of fused-ring (bicyclic) bond motifs is 1. The van der Waals surface area contributed by atoms with Gasteiger partial charge in [0.05, 0.1) is 31.1 Å². The molecule has 0 unspecified atom stereocenters. The van der Waals surface area contributed by atoms with Crippen LogP contribution in [0, 0.1) is 0 Å². The van der Waals surface area contributed by atoms with Crippen LogP contribution in [0.25, 0.3) is 10.9 Å². The minimum absolute atomic E-state index is 0.190. The van der Waals surface area contributed by atoms with Gasteiger partial charge >= 0.3 is 0 Å². The quantitative estimate of drug-likeness (QED) is 0.621. The first-order chi connectivity index (χ1) is 15.1. The molecule has 1 fully saturated rings. The summed E-state index contributed by atoms with van der Waals surface area (Å²) in [5.74, 6) is 1.72. The van der Waals surface area contributed by atoms with Gasteiger partial charge in [0, 0.05) is 43.4 Å². The van der Waals surface area contributed by atoms with Gasteiger partial charge in [-0.25, -0.2) is 4.98 Å². The summed E-state index contributed by atoms with van der Waals surface area (Å²) in [6.07, 6.45) is 6.15. The number of benzene rings is 1. The first kappa shape index (κ1) is 20.9. The van der Waals surface area contributed by atoms with Crippen molar-refractivity contribution in [3.63, 3.8) is 0 Å². The molecule has 9 heteroatoms. The molecule has 2 aromatic heterocycles. The van der Waals surface area contributed by atoms with Crippen LogP contribution in [0.15, 0.2) is 30.9 Å². The highest BCUT2D eigenvalue weighted by Crippen LogP contribution is 2.36. The number of nitrogen functional groups attached to an aromatic ring is 1. The summed E-state index contributed by atoms with van der Waals surface area (Å²) in [6, 6.07) is 5.72. The fourth-order valence-corrected chi connectivity index (χ4v) is 4.16. The highest BCUT2D eigenvalue weighted by atomic mass is 16.5. The number of amides is 1. The molecule has 1 amide bonds. The van der Waals surface area contributed by atoms with Gasteiger partial charge in [0.1, 0.15) is 12.7 Å². The molecule has 0 bridgehead atoms. The van der Waals surface area contributed by atoms with Crippen LogP contribution in [0.5, 0.6) is 11.5 Å². The second-order valence-corrected chi connectivity index (χ2v) is 7.78. The van der Waals surface area contributed by atoms with Gasteiger partial charge in [-0.05, 0) is 31.4 Å². The van der Waals surface area contributed by atoms with Gasteiger partial charge in [-0.15, -0.1) is 0 Å². The van der Waals surface area contributed by atoms with E-state index in [0.717, 1.165) is 48.9 Å². The molecule has 1 saturated heterocycles. The fraction of sp³-hybridized carbons (Fsp3) is 0.455. The lowest BCUT2D eigenvalue weighted by Crippen LogP contribution is -2.38. The SMILES string of the molecule is COc1cc2cc(N)c(C3CCN(C(=O)CCCn4cncn4)CC3)nc2cc1OC. The van der Waals surface area contributed by atoms with Crippen molar-refractivity contribution < 1.29 is 14.3 Å². The van der Waals surface area contributed by atoms with Crippen molar-refractivity contribution in [3.8, 4) is 11.5 Å². The molecule has 1 aliphatic heterocycles. The van der Waals surface area contributed by atoms with Gasteiger partial charge in [0.25, 0.3) is 0 Å². The maximum atomic E-state index is 12.6. The zero-order chi connectivity index (χ0) is 21.8. The van der Waals surface area contributed by atoms with Crippen LogP contribution in [0.2, 0.25) is 0 Å². The lowest BCUT2D eigenvalue weighted by molar-refractivity contribution is -0.132. The summed E-state index contributed by atoms with van der Waals surface area (Å²) in [7, 11) is 3.22. The summed E-state index contributed by atoms with van der Waals surface area (Å²) < 4.78 is 12.5. The minimum atomic E-state index is 0.190. The predicted molar refractivity (Wildman–Crippen MR) is 117 cm³/mol. The molecule has 2 N–H and O–H groups in total. The van der Waals surface area contributed by atoms with Crippen molar-refractivity contribution in [2.24, 2.45) is 0 Å². The molecule has 0 aliphatic carbocycles. The number of nitrogens with zero attached hydrogens (tertiary/aromatic N) is 5. The lowest BCUT2D eigenvalue weighted by atomic mass is 9.91. The van der Waals surface area contributed by atoms with Crippen LogP contribution in [0.3, 0.4) is 0 Å². The number of hydrogen-bond acceptors (Lipinski definition) is 7. The van der Waals surface area contributed by atoms with Crippen LogP contribution < -0.4 is 15.2 Å². The number of piperidine rings is 1. The Bertz CT molecular complexity index is 1050. The number of likely N-dealkylation sites (tertiary alicyclic amines) is 1. The first-order valence-electron chi connectivity index (χ1n) is 10.5. The number of carbonyl (C=O) groups excluding carboxylic acids is 1. The maximum absolute atomic E-state index is 12.6. The Morgan fingerprint density at radius 3 is 2.58 bits per heavy atom. The number of carbonyl (C=O) groups is 1. The van der Waals surface area contributed by atoms with E-state index in [1.165, 1.54) is 6.33 Å². The van der Waals surface area contributed by atoms with Crippen molar-refractivity contribution in [1.29, 1.82) is 0 Å². The van der Waals surface area contributed by atoms with E-state index in [-0.39, 0.29) is 11.8 Å². The summed E-state index contributed by atoms with van der Waals surface area (Å²) in [5, 5.41) is 4.98. The fourth-order valence-electron chi connectivity index (χ4n) is 4.16. The van der Waals surface area contributed by atoms with E-state index in [1.54, 1.807) is 25.2 Å². The van der Waals surface area contributed by atoms with E-state index in [2.05, 4.69) is 10.1 Å². The standard InChI is InChI=1S/C22H28N6O3/c1-30-19-11-16-10-17(23)22(26-18(16)12-20(19)31-2)15-5-8-27(9-6-15)21(29)4-3-7-28-14-24-13-25-28/h10-15H,3-9,23H2,1-2H3. The molecule has 0 atom stereocenters. The molecule has 164 valence electrons. The molecule has 31 heavy (non-hydrogen) atoms. The summed E-state index contributed by atoms with van der Waals surface area (Å²) >= 11 is 0. The number of anilines is 1. The highest BCUT2D eigenvalue weighted by Gasteiger charge is 2.26. The third-order valence-electron chi connectivity index (χ3n) is 5.86. The maximum Gasteiger partial charge on any atom is 0.222 e. The Hall–Kier alpha value is -3.36. The molecule has 0 saturated carbocycles. The van der Waals surface area contributed by atoms with E-state index >= 15 is 0 Å². The molecule has 4 rings (SSSR count). The van der Waals surface area contributed by atoms with E-state index in [1.807, 2.05) is 23.1 Å². The molecular weight excluding hydrogens is 396 g/mol. The van der Waals surface area contributed by atoms with E-state index in [9.17, 15) is 4.79 Å². The predicted octanol–water partition coefficient (Wildman–Crippen LogP) is 2.61. The number of aromatic nitrogens is 4. The molecule has 9 nitrogen and oxygen atoms in total. The van der Waals surface area contributed by atoms with E-state index in [4.69, 9.17) is 20.2 Å². The third-order valence-corrected chi connectivity index (χ3v) is 5.86. The van der Waals surface area contributed by atoms with Gasteiger partial charge in [-0.2, -0.15) is 5.10 Å². The summed E-state index contributed by atoms with van der Waals surface area (Å²) in [5.41, 5.74) is 8.76. The smallest absolute Gasteiger partial charge is 0.222 e. The van der Waals surface area contributed by atoms with Crippen LogP contribution in [-0.2, 0) is 11.3 Å².